The number of urea groups is 1. The second kappa shape index (κ2) is 6.26. The van der Waals surface area contributed by atoms with Gasteiger partial charge in [-0.15, -0.1) is 0 Å². The Balaban J connectivity index is 2.45. The van der Waals surface area contributed by atoms with Crippen LogP contribution >= 0.6 is 0 Å². The van der Waals surface area contributed by atoms with E-state index in [1.165, 1.54) is 0 Å². The van der Waals surface area contributed by atoms with E-state index < -0.39 is 17.6 Å². The van der Waals surface area contributed by atoms with Crippen LogP contribution in [-0.2, 0) is 9.53 Å². The van der Waals surface area contributed by atoms with Crippen molar-refractivity contribution in [2.75, 3.05) is 13.1 Å². The highest BCUT2D eigenvalue weighted by molar-refractivity contribution is 5.83. The van der Waals surface area contributed by atoms with Crippen LogP contribution in [0.3, 0.4) is 0 Å². The summed E-state index contributed by atoms with van der Waals surface area (Å²) in [5.41, 5.74) is -0.532. The van der Waals surface area contributed by atoms with Crippen molar-refractivity contribution in [1.29, 1.82) is 0 Å². The molecule has 110 valence electrons. The Morgan fingerprint density at radius 2 is 2.00 bits per heavy atom. The molecule has 5 nitrogen and oxygen atoms in total. The van der Waals surface area contributed by atoms with Crippen LogP contribution in [0.25, 0.3) is 0 Å². The van der Waals surface area contributed by atoms with Gasteiger partial charge < -0.3 is 15.0 Å². The normalized spacial score (nSPS) is 21.7. The topological polar surface area (TPSA) is 58.6 Å². The second-order valence-electron chi connectivity index (χ2n) is 6.40. The average molecular weight is 270 g/mol. The van der Waals surface area contributed by atoms with Gasteiger partial charge in [0.25, 0.3) is 0 Å². The first-order chi connectivity index (χ1) is 8.69. The summed E-state index contributed by atoms with van der Waals surface area (Å²) in [5.74, 6) is 0.127. The molecule has 0 aromatic carbocycles. The van der Waals surface area contributed by atoms with Gasteiger partial charge in [0.15, 0.2) is 0 Å². The molecule has 0 spiro atoms. The fourth-order valence-corrected chi connectivity index (χ4v) is 2.10. The van der Waals surface area contributed by atoms with Crippen molar-refractivity contribution < 1.29 is 14.3 Å². The largest absolute Gasteiger partial charge is 0.458 e. The molecule has 0 radical (unpaired) electrons. The monoisotopic (exact) mass is 270 g/mol. The first kappa shape index (κ1) is 15.8. The van der Waals surface area contributed by atoms with Gasteiger partial charge in [-0.05, 0) is 46.5 Å². The maximum absolute atomic E-state index is 12.0. The number of nitrogens with one attached hydrogen (secondary N) is 1. The Kier molecular flexibility index (Phi) is 5.20. The average Bonchev–Trinajstić information content (AvgIpc) is 2.26. The van der Waals surface area contributed by atoms with E-state index in [0.717, 1.165) is 25.9 Å². The van der Waals surface area contributed by atoms with Crippen LogP contribution in [0.1, 0.15) is 47.5 Å². The minimum absolute atomic E-state index is 0.176. The molecular formula is C14H26N2O3. The quantitative estimate of drug-likeness (QED) is 0.782. The van der Waals surface area contributed by atoms with E-state index in [0.29, 0.717) is 5.92 Å². The van der Waals surface area contributed by atoms with Crippen LogP contribution in [0, 0.1) is 5.92 Å². The van der Waals surface area contributed by atoms with Crippen molar-refractivity contribution >= 4 is 12.0 Å². The summed E-state index contributed by atoms with van der Waals surface area (Å²) >= 11 is 0. The molecule has 2 atom stereocenters. The molecule has 1 heterocycles. The van der Waals surface area contributed by atoms with E-state index >= 15 is 0 Å². The molecule has 0 bridgehead atoms. The first-order valence-corrected chi connectivity index (χ1v) is 6.97. The molecule has 0 saturated carbocycles. The molecule has 1 aliphatic heterocycles. The summed E-state index contributed by atoms with van der Waals surface area (Å²) < 4.78 is 5.24. The van der Waals surface area contributed by atoms with Crippen LogP contribution in [0.4, 0.5) is 4.79 Å². The van der Waals surface area contributed by atoms with Gasteiger partial charge in [-0.1, -0.05) is 6.92 Å². The zero-order chi connectivity index (χ0) is 14.6. The molecule has 0 aromatic heterocycles. The third-order valence-corrected chi connectivity index (χ3v) is 3.04. The number of esters is 1. The van der Waals surface area contributed by atoms with Crippen molar-refractivity contribution in [3.05, 3.63) is 0 Å². The van der Waals surface area contributed by atoms with Gasteiger partial charge in [0.05, 0.1) is 0 Å². The molecule has 1 aliphatic rings. The van der Waals surface area contributed by atoms with Gasteiger partial charge >= 0.3 is 12.0 Å². The van der Waals surface area contributed by atoms with E-state index in [-0.39, 0.29) is 6.03 Å². The van der Waals surface area contributed by atoms with Crippen LogP contribution in [0.2, 0.25) is 0 Å². The van der Waals surface area contributed by atoms with Crippen molar-refractivity contribution in [3.63, 3.8) is 0 Å². The van der Waals surface area contributed by atoms with Gasteiger partial charge in [0.2, 0.25) is 0 Å². The lowest BCUT2D eigenvalue weighted by atomic mass is 10.0. The van der Waals surface area contributed by atoms with E-state index in [1.807, 2.05) is 20.8 Å². The van der Waals surface area contributed by atoms with Gasteiger partial charge in [-0.25, -0.2) is 9.59 Å². The smallest absolute Gasteiger partial charge is 0.328 e. The highest BCUT2D eigenvalue weighted by atomic mass is 16.6. The number of carbonyl (C=O) groups is 2. The molecule has 1 unspecified atom stereocenters. The van der Waals surface area contributed by atoms with E-state index in [9.17, 15) is 9.59 Å². The summed E-state index contributed by atoms with van der Waals surface area (Å²) in [7, 11) is 0. The zero-order valence-corrected chi connectivity index (χ0v) is 12.7. The van der Waals surface area contributed by atoms with Gasteiger partial charge in [-0.2, -0.15) is 0 Å². The molecule has 19 heavy (non-hydrogen) atoms. The Bertz CT molecular complexity index is 336. The maximum Gasteiger partial charge on any atom is 0.328 e. The number of rotatable bonds is 2. The molecule has 1 saturated heterocycles. The number of amides is 2. The van der Waals surface area contributed by atoms with E-state index in [2.05, 4.69) is 12.2 Å². The molecule has 2 amide bonds. The second-order valence-corrected chi connectivity index (χ2v) is 6.40. The number of ether oxygens (including phenoxy) is 1. The van der Waals surface area contributed by atoms with E-state index in [4.69, 9.17) is 4.74 Å². The fourth-order valence-electron chi connectivity index (χ4n) is 2.10. The van der Waals surface area contributed by atoms with Crippen LogP contribution in [0.15, 0.2) is 0 Å². The summed E-state index contributed by atoms with van der Waals surface area (Å²) in [6, 6.07) is -0.797. The van der Waals surface area contributed by atoms with Crippen molar-refractivity contribution in [2.24, 2.45) is 5.92 Å². The van der Waals surface area contributed by atoms with Gasteiger partial charge in [0.1, 0.15) is 11.6 Å². The molecule has 0 aromatic rings. The number of likely N-dealkylation sites (tertiary alicyclic amines) is 1. The van der Waals surface area contributed by atoms with E-state index in [1.54, 1.807) is 11.8 Å². The Labute approximate surface area is 115 Å². The number of hydrogen-bond donors (Lipinski definition) is 1. The fraction of sp³-hybridized carbons (Fsp3) is 0.857. The highest BCUT2D eigenvalue weighted by Gasteiger charge is 2.26. The minimum Gasteiger partial charge on any atom is -0.458 e. The Morgan fingerprint density at radius 1 is 1.37 bits per heavy atom. The number of carbonyl (C=O) groups excluding carboxylic acids is 2. The predicted molar refractivity (Wildman–Crippen MR) is 73.8 cm³/mol. The predicted octanol–water partition coefficient (Wildman–Crippen LogP) is 2.16. The Hall–Kier alpha value is -1.26. The van der Waals surface area contributed by atoms with Gasteiger partial charge in [-0.3, -0.25) is 0 Å². The Morgan fingerprint density at radius 3 is 2.53 bits per heavy atom. The minimum atomic E-state index is -0.621. The number of hydrogen-bond acceptors (Lipinski definition) is 3. The summed E-state index contributed by atoms with van der Waals surface area (Å²) in [6.45, 7) is 10.7. The lowest BCUT2D eigenvalue weighted by Gasteiger charge is -2.32. The number of nitrogens with zero attached hydrogens (tertiary/aromatic N) is 1. The van der Waals surface area contributed by atoms with Crippen molar-refractivity contribution in [3.8, 4) is 0 Å². The molecule has 0 aliphatic carbocycles. The summed E-state index contributed by atoms with van der Waals surface area (Å²) in [6.07, 6.45) is 2.18. The maximum atomic E-state index is 12.0. The summed E-state index contributed by atoms with van der Waals surface area (Å²) in [5, 5.41) is 2.70. The third-order valence-electron chi connectivity index (χ3n) is 3.04. The molecular weight excluding hydrogens is 244 g/mol. The zero-order valence-electron chi connectivity index (χ0n) is 12.7. The van der Waals surface area contributed by atoms with Crippen LogP contribution in [0.5, 0.6) is 0 Å². The molecule has 1 rings (SSSR count). The van der Waals surface area contributed by atoms with Crippen molar-refractivity contribution in [1.82, 2.24) is 10.2 Å². The summed E-state index contributed by atoms with van der Waals surface area (Å²) in [4.78, 5) is 25.6. The third kappa shape index (κ3) is 5.49. The van der Waals surface area contributed by atoms with Crippen LogP contribution in [-0.4, -0.2) is 41.6 Å². The lowest BCUT2D eigenvalue weighted by Crippen LogP contribution is -2.50. The number of piperidine rings is 1. The standard InChI is InChI=1S/C14H26N2O3/c1-10-7-6-8-16(9-10)13(18)15-11(2)12(17)19-14(3,4)5/h10-11H,6-9H2,1-5H3,(H,15,18)/t10?,11-/m1/s1. The molecule has 1 fully saturated rings. The van der Waals surface area contributed by atoms with Crippen LogP contribution < -0.4 is 5.32 Å². The molecule has 1 N–H and O–H groups in total. The highest BCUT2D eigenvalue weighted by Crippen LogP contribution is 2.15. The molecule has 5 heteroatoms. The van der Waals surface area contributed by atoms with Crippen molar-refractivity contribution in [2.45, 2.75) is 59.1 Å². The first-order valence-electron chi connectivity index (χ1n) is 6.97. The SMILES string of the molecule is CC1CCCN(C(=O)N[C@H](C)C(=O)OC(C)(C)C)C1. The van der Waals surface area contributed by atoms with Gasteiger partial charge in [0, 0.05) is 13.1 Å². The lowest BCUT2D eigenvalue weighted by molar-refractivity contribution is -0.156.